The molecule has 140 valence electrons. The standard InChI is InChI=1S/C25H30N2/c1-19-10-6-9-15-23(19)26-18-27-24(20(26)2)16-17-25(27,22-13-7-8-14-22)21-11-4-3-5-12-21/h3-6,9-12,15-17,20,22,24H,7-8,13-14,18H2,1-2H3/t20-,24?,25?/m0/s1/i18D/t18?,20-,24?,25?. The SMILES string of the molecule is [2H]C1N(c2ccccc2C)[C@@H](C)C2C=CC(c3ccccc3)(C3CCCC3)N21. The van der Waals surface area contributed by atoms with Gasteiger partial charge in [0.15, 0.2) is 0 Å². The van der Waals surface area contributed by atoms with Crippen molar-refractivity contribution in [3.8, 4) is 0 Å². The van der Waals surface area contributed by atoms with Crippen molar-refractivity contribution in [1.82, 2.24) is 4.90 Å². The van der Waals surface area contributed by atoms with Gasteiger partial charge in [-0.15, -0.1) is 0 Å². The third-order valence-electron chi connectivity index (χ3n) is 7.09. The van der Waals surface area contributed by atoms with Crippen LogP contribution in [0.25, 0.3) is 0 Å². The minimum atomic E-state index is -0.378. The average Bonchev–Trinajstić information content (AvgIpc) is 3.43. The van der Waals surface area contributed by atoms with Crippen LogP contribution < -0.4 is 4.90 Å². The molecule has 2 aromatic carbocycles. The van der Waals surface area contributed by atoms with Crippen molar-refractivity contribution in [2.24, 2.45) is 5.92 Å². The van der Waals surface area contributed by atoms with Gasteiger partial charge in [-0.3, -0.25) is 4.90 Å². The van der Waals surface area contributed by atoms with E-state index in [1.165, 1.54) is 42.5 Å². The van der Waals surface area contributed by atoms with Gasteiger partial charge in [0, 0.05) is 11.7 Å². The van der Waals surface area contributed by atoms with Gasteiger partial charge in [0.1, 0.15) is 0 Å². The van der Waals surface area contributed by atoms with Crippen molar-refractivity contribution in [3.63, 3.8) is 0 Å². The minimum absolute atomic E-state index is 0.152. The molecular formula is C25H30N2. The number of rotatable bonds is 3. The molecular weight excluding hydrogens is 328 g/mol. The highest BCUT2D eigenvalue weighted by atomic mass is 15.5. The van der Waals surface area contributed by atoms with Crippen molar-refractivity contribution in [1.29, 1.82) is 0 Å². The Labute approximate surface area is 164 Å². The third kappa shape index (κ3) is 2.50. The van der Waals surface area contributed by atoms with E-state index in [2.05, 4.69) is 90.4 Å². The van der Waals surface area contributed by atoms with Crippen molar-refractivity contribution in [3.05, 3.63) is 77.9 Å². The molecule has 0 amide bonds. The van der Waals surface area contributed by atoms with Gasteiger partial charge in [0.05, 0.1) is 19.6 Å². The number of nitrogens with zero attached hydrogens (tertiary/aromatic N) is 2. The molecule has 2 aromatic rings. The molecule has 3 aliphatic rings. The molecule has 3 unspecified atom stereocenters. The number of hydrogen-bond acceptors (Lipinski definition) is 2. The zero-order chi connectivity index (χ0) is 19.3. The lowest BCUT2D eigenvalue weighted by Gasteiger charge is -2.43. The summed E-state index contributed by atoms with van der Waals surface area (Å²) < 4.78 is 9.36. The molecule has 27 heavy (non-hydrogen) atoms. The highest BCUT2D eigenvalue weighted by Gasteiger charge is 2.54. The van der Waals surface area contributed by atoms with E-state index in [0.717, 1.165) is 0 Å². The minimum Gasteiger partial charge on any atom is -0.354 e. The predicted octanol–water partition coefficient (Wildman–Crippen LogP) is 5.49. The lowest BCUT2D eigenvalue weighted by atomic mass is 9.76. The Morgan fingerprint density at radius 1 is 1.00 bits per heavy atom. The van der Waals surface area contributed by atoms with Gasteiger partial charge >= 0.3 is 0 Å². The van der Waals surface area contributed by atoms with Crippen molar-refractivity contribution in [2.75, 3.05) is 11.5 Å². The summed E-state index contributed by atoms with van der Waals surface area (Å²) in [4.78, 5) is 4.84. The van der Waals surface area contributed by atoms with Crippen LogP contribution in [0.4, 0.5) is 5.69 Å². The van der Waals surface area contributed by atoms with E-state index in [1.54, 1.807) is 0 Å². The van der Waals surface area contributed by atoms with Crippen LogP contribution in [0.2, 0.25) is 0 Å². The van der Waals surface area contributed by atoms with Gasteiger partial charge < -0.3 is 4.90 Å². The molecule has 1 saturated carbocycles. The molecule has 1 saturated heterocycles. The Morgan fingerprint density at radius 3 is 2.44 bits per heavy atom. The Hall–Kier alpha value is -2.06. The van der Waals surface area contributed by atoms with Crippen molar-refractivity contribution >= 4 is 5.69 Å². The molecule has 0 radical (unpaired) electrons. The van der Waals surface area contributed by atoms with Crippen LogP contribution >= 0.6 is 0 Å². The molecule has 5 rings (SSSR count). The van der Waals surface area contributed by atoms with Crippen molar-refractivity contribution in [2.45, 2.75) is 57.2 Å². The summed E-state index contributed by atoms with van der Waals surface area (Å²) in [5, 5.41) is 0. The Bertz CT molecular complexity index is 873. The second kappa shape index (κ2) is 6.53. The number of hydrogen-bond donors (Lipinski definition) is 0. The molecule has 2 fully saturated rings. The first-order valence-electron chi connectivity index (χ1n) is 11.0. The molecule has 2 heteroatoms. The van der Waals surface area contributed by atoms with E-state index in [4.69, 9.17) is 0 Å². The number of fused-ring (bicyclic) bond motifs is 1. The van der Waals surface area contributed by atoms with Crippen LogP contribution in [0.3, 0.4) is 0 Å². The Morgan fingerprint density at radius 2 is 1.70 bits per heavy atom. The molecule has 0 spiro atoms. The molecule has 2 nitrogen and oxygen atoms in total. The molecule has 0 bridgehead atoms. The van der Waals surface area contributed by atoms with Gasteiger partial charge in [-0.05, 0) is 49.8 Å². The van der Waals surface area contributed by atoms with Gasteiger partial charge in [-0.2, -0.15) is 0 Å². The summed E-state index contributed by atoms with van der Waals surface area (Å²) in [5.74, 6) is 0.591. The highest BCUT2D eigenvalue weighted by Crippen LogP contribution is 2.52. The normalized spacial score (nSPS) is 34.2. The summed E-state index contributed by atoms with van der Waals surface area (Å²) in [6, 6.07) is 20.1. The number of para-hydroxylation sites is 1. The zero-order valence-corrected chi connectivity index (χ0v) is 16.4. The fraction of sp³-hybridized carbons (Fsp3) is 0.440. The molecule has 2 aliphatic heterocycles. The summed E-state index contributed by atoms with van der Waals surface area (Å²) in [6.45, 7) is 4.07. The Balaban J connectivity index is 1.62. The first-order chi connectivity index (χ1) is 13.6. The second-order valence-electron chi connectivity index (χ2n) is 8.48. The van der Waals surface area contributed by atoms with E-state index in [-0.39, 0.29) is 24.3 Å². The van der Waals surface area contributed by atoms with E-state index < -0.39 is 0 Å². The van der Waals surface area contributed by atoms with Crippen LogP contribution in [0, 0.1) is 12.8 Å². The topological polar surface area (TPSA) is 6.48 Å². The van der Waals surface area contributed by atoms with Crippen LogP contribution in [0.1, 0.15) is 45.1 Å². The lowest BCUT2D eigenvalue weighted by molar-refractivity contribution is 0.0915. The van der Waals surface area contributed by atoms with E-state index in [9.17, 15) is 1.37 Å². The number of benzene rings is 2. The monoisotopic (exact) mass is 359 g/mol. The highest BCUT2D eigenvalue weighted by molar-refractivity contribution is 5.56. The van der Waals surface area contributed by atoms with Crippen LogP contribution in [-0.2, 0) is 5.54 Å². The summed E-state index contributed by atoms with van der Waals surface area (Å²) in [5.41, 5.74) is 3.66. The first-order valence-corrected chi connectivity index (χ1v) is 10.4. The van der Waals surface area contributed by atoms with E-state index >= 15 is 0 Å². The number of anilines is 1. The maximum Gasteiger partial charge on any atom is 0.0727 e. The average molecular weight is 360 g/mol. The van der Waals surface area contributed by atoms with Gasteiger partial charge in [0.25, 0.3) is 0 Å². The third-order valence-corrected chi connectivity index (χ3v) is 7.09. The first kappa shape index (κ1) is 15.9. The van der Waals surface area contributed by atoms with Gasteiger partial charge in [0.2, 0.25) is 0 Å². The van der Waals surface area contributed by atoms with Crippen LogP contribution in [-0.4, -0.2) is 23.6 Å². The molecule has 4 atom stereocenters. The smallest absolute Gasteiger partial charge is 0.0727 e. The van der Waals surface area contributed by atoms with E-state index in [1.807, 2.05) is 0 Å². The zero-order valence-electron chi connectivity index (χ0n) is 17.4. The number of aryl methyl sites for hydroxylation is 1. The van der Waals surface area contributed by atoms with Gasteiger partial charge in [-0.25, -0.2) is 0 Å². The summed E-state index contributed by atoms with van der Waals surface area (Å²) in [6.07, 6.45) is 9.99. The van der Waals surface area contributed by atoms with E-state index in [0.29, 0.717) is 5.92 Å². The second-order valence-corrected chi connectivity index (χ2v) is 8.48. The fourth-order valence-electron chi connectivity index (χ4n) is 5.67. The quantitative estimate of drug-likeness (QED) is 0.669. The molecule has 1 aliphatic carbocycles. The summed E-state index contributed by atoms with van der Waals surface area (Å²) in [7, 11) is 0. The molecule has 0 N–H and O–H groups in total. The molecule has 2 heterocycles. The van der Waals surface area contributed by atoms with Crippen LogP contribution in [0.15, 0.2) is 66.7 Å². The van der Waals surface area contributed by atoms with Crippen LogP contribution in [0.5, 0.6) is 0 Å². The predicted molar refractivity (Wildman–Crippen MR) is 113 cm³/mol. The largest absolute Gasteiger partial charge is 0.354 e. The fourth-order valence-corrected chi connectivity index (χ4v) is 5.67. The van der Waals surface area contributed by atoms with Gasteiger partial charge in [-0.1, -0.05) is 73.5 Å². The maximum atomic E-state index is 9.36. The van der Waals surface area contributed by atoms with Crippen molar-refractivity contribution < 1.29 is 1.37 Å². The maximum absolute atomic E-state index is 9.36. The molecule has 0 aromatic heterocycles. The summed E-state index contributed by atoms with van der Waals surface area (Å²) >= 11 is 0. The lowest BCUT2D eigenvalue weighted by Crippen LogP contribution is -2.48. The Kier molecular flexibility index (Phi) is 3.85.